The Balaban J connectivity index is 2.46. The van der Waals surface area contributed by atoms with Crippen LogP contribution in [0.1, 0.15) is 12.0 Å². The third kappa shape index (κ3) is 4.89. The van der Waals surface area contributed by atoms with E-state index in [1.807, 2.05) is 6.07 Å². The minimum atomic E-state index is 0.0169. The number of rotatable bonds is 5. The molecular weight excluding hydrogens is 360 g/mol. The largest absolute Gasteiger partial charge is 0.356 e. The van der Waals surface area contributed by atoms with Crippen LogP contribution in [0, 0.1) is 0 Å². The number of halogens is 3. The number of amides is 1. The summed E-state index contributed by atoms with van der Waals surface area (Å²) in [7, 11) is 0. The topological polar surface area (TPSA) is 29.1 Å². The third-order valence-corrected chi connectivity index (χ3v) is 3.48. The van der Waals surface area contributed by atoms with Gasteiger partial charge < -0.3 is 5.32 Å². The lowest BCUT2D eigenvalue weighted by atomic mass is 10.1. The predicted molar refractivity (Wildman–Crippen MR) is 76.7 cm³/mol. The lowest BCUT2D eigenvalue weighted by Gasteiger charge is -2.05. The molecule has 1 aromatic rings. The van der Waals surface area contributed by atoms with Crippen molar-refractivity contribution in [3.63, 3.8) is 0 Å². The normalized spacial score (nSPS) is 10.2. The van der Waals surface area contributed by atoms with E-state index in [0.717, 1.165) is 23.0 Å². The van der Waals surface area contributed by atoms with Gasteiger partial charge in [-0.15, -0.1) is 0 Å². The third-order valence-electron chi connectivity index (χ3n) is 1.98. The number of carbonyl (C=O) groups is 1. The van der Waals surface area contributed by atoms with Gasteiger partial charge in [0.15, 0.2) is 0 Å². The van der Waals surface area contributed by atoms with Crippen LogP contribution in [0.25, 0.3) is 0 Å². The molecule has 0 radical (unpaired) electrons. The zero-order chi connectivity index (χ0) is 12.0. The van der Waals surface area contributed by atoms with Gasteiger partial charge in [0.1, 0.15) is 0 Å². The standard InChI is InChI=1S/C11H12Cl2INO/c12-9-3-2-8(6-10(9)13)7-11(16)15-5-1-4-14/h2-3,6H,1,4-5,7H2,(H,15,16). The minimum absolute atomic E-state index is 0.0169. The Morgan fingerprint density at radius 2 is 2.06 bits per heavy atom. The first-order chi connectivity index (χ1) is 7.63. The molecule has 0 saturated carbocycles. The summed E-state index contributed by atoms with van der Waals surface area (Å²) in [5, 5.41) is 3.84. The first-order valence-corrected chi connectivity index (χ1v) is 7.18. The maximum atomic E-state index is 11.5. The molecule has 0 spiro atoms. The number of hydrogen-bond acceptors (Lipinski definition) is 1. The molecule has 0 aliphatic carbocycles. The van der Waals surface area contributed by atoms with Crippen molar-refractivity contribution < 1.29 is 4.79 Å². The molecule has 88 valence electrons. The number of carbonyl (C=O) groups excluding carboxylic acids is 1. The van der Waals surface area contributed by atoms with E-state index >= 15 is 0 Å². The van der Waals surface area contributed by atoms with E-state index < -0.39 is 0 Å². The molecule has 16 heavy (non-hydrogen) atoms. The minimum Gasteiger partial charge on any atom is -0.356 e. The Labute approximate surface area is 119 Å². The summed E-state index contributed by atoms with van der Waals surface area (Å²) in [6.07, 6.45) is 1.34. The van der Waals surface area contributed by atoms with Gasteiger partial charge in [-0.25, -0.2) is 0 Å². The van der Waals surface area contributed by atoms with Crippen LogP contribution in [0.15, 0.2) is 18.2 Å². The van der Waals surface area contributed by atoms with Gasteiger partial charge in [-0.3, -0.25) is 4.79 Å². The quantitative estimate of drug-likeness (QED) is 0.479. The number of alkyl halides is 1. The van der Waals surface area contributed by atoms with Crippen molar-refractivity contribution in [1.82, 2.24) is 5.32 Å². The smallest absolute Gasteiger partial charge is 0.224 e. The molecule has 0 aromatic heterocycles. The van der Waals surface area contributed by atoms with Crippen LogP contribution >= 0.6 is 45.8 Å². The van der Waals surface area contributed by atoms with Gasteiger partial charge in [-0.05, 0) is 24.1 Å². The zero-order valence-electron chi connectivity index (χ0n) is 8.60. The van der Waals surface area contributed by atoms with Crippen LogP contribution in [0.4, 0.5) is 0 Å². The van der Waals surface area contributed by atoms with E-state index in [2.05, 4.69) is 27.9 Å². The maximum absolute atomic E-state index is 11.5. The fraction of sp³-hybridized carbons (Fsp3) is 0.364. The van der Waals surface area contributed by atoms with Gasteiger partial charge in [0.2, 0.25) is 5.91 Å². The van der Waals surface area contributed by atoms with Crippen molar-refractivity contribution in [1.29, 1.82) is 0 Å². The molecule has 5 heteroatoms. The van der Waals surface area contributed by atoms with Crippen molar-refractivity contribution in [2.75, 3.05) is 11.0 Å². The summed E-state index contributed by atoms with van der Waals surface area (Å²) in [4.78, 5) is 11.5. The summed E-state index contributed by atoms with van der Waals surface area (Å²) >= 11 is 13.9. The second-order valence-electron chi connectivity index (χ2n) is 3.32. The lowest BCUT2D eigenvalue weighted by molar-refractivity contribution is -0.120. The molecule has 0 aliphatic rings. The van der Waals surface area contributed by atoms with Gasteiger partial charge in [-0.2, -0.15) is 0 Å². The second-order valence-corrected chi connectivity index (χ2v) is 5.21. The molecule has 0 saturated heterocycles. The molecule has 0 heterocycles. The number of benzene rings is 1. The molecule has 0 aliphatic heterocycles. The van der Waals surface area contributed by atoms with Crippen LogP contribution in [0.3, 0.4) is 0 Å². The zero-order valence-corrected chi connectivity index (χ0v) is 12.3. The van der Waals surface area contributed by atoms with Crippen molar-refractivity contribution in [3.8, 4) is 0 Å². The lowest BCUT2D eigenvalue weighted by Crippen LogP contribution is -2.26. The van der Waals surface area contributed by atoms with Gasteiger partial charge in [0, 0.05) is 11.0 Å². The fourth-order valence-electron chi connectivity index (χ4n) is 1.19. The van der Waals surface area contributed by atoms with Crippen molar-refractivity contribution in [3.05, 3.63) is 33.8 Å². The molecule has 0 unspecified atom stereocenters. The van der Waals surface area contributed by atoms with Crippen LogP contribution in [0.5, 0.6) is 0 Å². The highest BCUT2D eigenvalue weighted by molar-refractivity contribution is 14.1. The van der Waals surface area contributed by atoms with E-state index in [1.54, 1.807) is 12.1 Å². The number of hydrogen-bond donors (Lipinski definition) is 1. The average molecular weight is 372 g/mol. The molecule has 0 atom stereocenters. The van der Waals surface area contributed by atoms with Crippen LogP contribution in [-0.2, 0) is 11.2 Å². The first-order valence-electron chi connectivity index (χ1n) is 4.90. The molecule has 1 rings (SSSR count). The summed E-state index contributed by atoms with van der Waals surface area (Å²) < 4.78 is 1.05. The summed E-state index contributed by atoms with van der Waals surface area (Å²) in [5.74, 6) is 0.0169. The fourth-order valence-corrected chi connectivity index (χ4v) is 1.89. The highest BCUT2D eigenvalue weighted by Crippen LogP contribution is 2.22. The average Bonchev–Trinajstić information content (AvgIpc) is 2.24. The number of nitrogens with one attached hydrogen (secondary N) is 1. The monoisotopic (exact) mass is 371 g/mol. The van der Waals surface area contributed by atoms with Crippen LogP contribution in [0.2, 0.25) is 10.0 Å². The van der Waals surface area contributed by atoms with Crippen LogP contribution < -0.4 is 5.32 Å². The molecule has 1 N–H and O–H groups in total. The van der Waals surface area contributed by atoms with E-state index in [-0.39, 0.29) is 5.91 Å². The summed E-state index contributed by atoms with van der Waals surface area (Å²) in [6, 6.07) is 5.24. The second kappa shape index (κ2) is 7.35. The Morgan fingerprint density at radius 1 is 1.31 bits per heavy atom. The highest BCUT2D eigenvalue weighted by atomic mass is 127. The Morgan fingerprint density at radius 3 is 2.69 bits per heavy atom. The molecule has 2 nitrogen and oxygen atoms in total. The van der Waals surface area contributed by atoms with E-state index in [9.17, 15) is 4.79 Å². The highest BCUT2D eigenvalue weighted by Gasteiger charge is 2.04. The Bertz CT molecular complexity index is 371. The Kier molecular flexibility index (Phi) is 6.46. The van der Waals surface area contributed by atoms with Crippen molar-refractivity contribution >= 4 is 51.7 Å². The molecular formula is C11H12Cl2INO. The van der Waals surface area contributed by atoms with Crippen molar-refractivity contribution in [2.24, 2.45) is 0 Å². The van der Waals surface area contributed by atoms with Crippen LogP contribution in [-0.4, -0.2) is 16.9 Å². The van der Waals surface area contributed by atoms with E-state index in [1.165, 1.54) is 0 Å². The Hall–Kier alpha value is 0. The van der Waals surface area contributed by atoms with Gasteiger partial charge in [0.25, 0.3) is 0 Å². The van der Waals surface area contributed by atoms with E-state index in [4.69, 9.17) is 23.2 Å². The SMILES string of the molecule is O=C(Cc1ccc(Cl)c(Cl)c1)NCCCI. The van der Waals surface area contributed by atoms with Gasteiger partial charge in [0.05, 0.1) is 16.5 Å². The summed E-state index contributed by atoms with van der Waals surface area (Å²) in [5.41, 5.74) is 0.876. The molecule has 1 aromatic carbocycles. The van der Waals surface area contributed by atoms with Crippen molar-refractivity contribution in [2.45, 2.75) is 12.8 Å². The molecule has 0 fully saturated rings. The van der Waals surface area contributed by atoms with Gasteiger partial charge >= 0.3 is 0 Å². The van der Waals surface area contributed by atoms with Gasteiger partial charge in [-0.1, -0.05) is 51.9 Å². The summed E-state index contributed by atoms with van der Waals surface area (Å²) in [6.45, 7) is 0.725. The predicted octanol–water partition coefficient (Wildman–Crippen LogP) is 3.48. The first kappa shape index (κ1) is 14.1. The molecule has 0 bridgehead atoms. The maximum Gasteiger partial charge on any atom is 0.224 e. The van der Waals surface area contributed by atoms with E-state index in [0.29, 0.717) is 16.5 Å². The molecule has 1 amide bonds.